The summed E-state index contributed by atoms with van der Waals surface area (Å²) in [4.78, 5) is 25.2. The number of hydrogen-bond donors (Lipinski definition) is 0. The number of aromatic nitrogens is 1. The van der Waals surface area contributed by atoms with Crippen LogP contribution in [0.5, 0.6) is 0 Å². The summed E-state index contributed by atoms with van der Waals surface area (Å²) in [7, 11) is 1.50. The number of likely N-dealkylation sites (N-methyl/N-ethyl adjacent to an activating group) is 1. The number of imide groups is 1. The molecule has 2 amide bonds. The van der Waals surface area contributed by atoms with Crippen LogP contribution >= 0.6 is 23.4 Å². The minimum Gasteiger partial charge on any atom is -0.318 e. The Bertz CT molecular complexity index is 837. The molecule has 0 unspecified atom stereocenters. The van der Waals surface area contributed by atoms with Gasteiger partial charge in [-0.2, -0.15) is 0 Å². The van der Waals surface area contributed by atoms with Crippen molar-refractivity contribution in [1.82, 2.24) is 9.47 Å². The number of nitrogens with zero attached hydrogens (tertiary/aromatic N) is 2. The lowest BCUT2D eigenvalue weighted by atomic mass is 10.2. The van der Waals surface area contributed by atoms with Crippen LogP contribution in [0.2, 0.25) is 5.02 Å². The van der Waals surface area contributed by atoms with Crippen LogP contribution in [0.3, 0.4) is 0 Å². The summed E-state index contributed by atoms with van der Waals surface area (Å²) in [6.45, 7) is 3.99. The van der Waals surface area contributed by atoms with E-state index in [1.54, 1.807) is 6.08 Å². The summed E-state index contributed by atoms with van der Waals surface area (Å²) in [5, 5.41) is 0.445. The minimum atomic E-state index is -0.253. The minimum absolute atomic E-state index is 0.243. The monoisotopic (exact) mass is 346 g/mol. The first-order valence-electron chi connectivity index (χ1n) is 7.05. The Labute approximate surface area is 143 Å². The van der Waals surface area contributed by atoms with Crippen molar-refractivity contribution in [2.75, 3.05) is 7.05 Å². The molecule has 0 spiro atoms. The van der Waals surface area contributed by atoms with Crippen molar-refractivity contribution in [2.24, 2.45) is 0 Å². The van der Waals surface area contributed by atoms with Gasteiger partial charge in [-0.15, -0.1) is 0 Å². The molecule has 0 N–H and O–H groups in total. The van der Waals surface area contributed by atoms with Crippen molar-refractivity contribution in [3.63, 3.8) is 0 Å². The zero-order chi connectivity index (χ0) is 16.7. The van der Waals surface area contributed by atoms with Gasteiger partial charge in [0.15, 0.2) is 0 Å². The number of carbonyl (C=O) groups excluding carboxylic acids is 2. The molecule has 3 rings (SSSR count). The molecule has 0 bridgehead atoms. The SMILES string of the molecule is Cc1cc(/C=C2/SC(=O)N(C)C2=O)c(C)n1-c1ccc(Cl)cc1. The fourth-order valence-corrected chi connectivity index (χ4v) is 3.55. The molecule has 118 valence electrons. The molecule has 0 radical (unpaired) electrons. The van der Waals surface area contributed by atoms with Crippen LogP contribution in [0.4, 0.5) is 4.79 Å². The van der Waals surface area contributed by atoms with Crippen LogP contribution in [-0.2, 0) is 4.79 Å². The van der Waals surface area contributed by atoms with Crippen LogP contribution in [-0.4, -0.2) is 27.7 Å². The van der Waals surface area contributed by atoms with Crippen molar-refractivity contribution in [3.8, 4) is 5.69 Å². The number of amides is 2. The predicted molar refractivity (Wildman–Crippen MR) is 94.0 cm³/mol. The van der Waals surface area contributed by atoms with E-state index in [-0.39, 0.29) is 11.1 Å². The highest BCUT2D eigenvalue weighted by molar-refractivity contribution is 8.18. The first-order valence-corrected chi connectivity index (χ1v) is 8.24. The molecule has 1 aromatic heterocycles. The second kappa shape index (κ2) is 5.91. The van der Waals surface area contributed by atoms with Gasteiger partial charge < -0.3 is 4.57 Å². The van der Waals surface area contributed by atoms with Crippen LogP contribution in [0.25, 0.3) is 11.8 Å². The number of hydrogen-bond acceptors (Lipinski definition) is 3. The normalized spacial score (nSPS) is 16.7. The van der Waals surface area contributed by atoms with Crippen LogP contribution in [0.1, 0.15) is 17.0 Å². The average molecular weight is 347 g/mol. The fraction of sp³-hybridized carbons (Fsp3) is 0.176. The fourth-order valence-electron chi connectivity index (χ4n) is 2.61. The van der Waals surface area contributed by atoms with E-state index < -0.39 is 0 Å². The van der Waals surface area contributed by atoms with Gasteiger partial charge in [0.1, 0.15) is 0 Å². The van der Waals surface area contributed by atoms with Gasteiger partial charge in [-0.05, 0) is 67.6 Å². The molecule has 2 heterocycles. The number of halogens is 1. The van der Waals surface area contributed by atoms with E-state index in [1.165, 1.54) is 7.05 Å². The maximum Gasteiger partial charge on any atom is 0.293 e. The highest BCUT2D eigenvalue weighted by atomic mass is 35.5. The van der Waals surface area contributed by atoms with Crippen molar-refractivity contribution < 1.29 is 9.59 Å². The molecule has 0 atom stereocenters. The van der Waals surface area contributed by atoms with E-state index in [9.17, 15) is 9.59 Å². The maximum atomic E-state index is 12.0. The number of carbonyl (C=O) groups is 2. The first kappa shape index (κ1) is 15.9. The molecule has 1 aromatic carbocycles. The number of rotatable bonds is 2. The van der Waals surface area contributed by atoms with Crippen molar-refractivity contribution >= 4 is 40.6 Å². The second-order valence-electron chi connectivity index (χ2n) is 5.38. The van der Waals surface area contributed by atoms with Gasteiger partial charge in [-0.1, -0.05) is 11.6 Å². The molecule has 1 saturated heterocycles. The van der Waals surface area contributed by atoms with Crippen LogP contribution in [0.15, 0.2) is 35.2 Å². The third kappa shape index (κ3) is 2.82. The Morgan fingerprint density at radius 2 is 1.78 bits per heavy atom. The summed E-state index contributed by atoms with van der Waals surface area (Å²) in [5.41, 5.74) is 3.99. The summed E-state index contributed by atoms with van der Waals surface area (Å²) < 4.78 is 2.10. The largest absolute Gasteiger partial charge is 0.318 e. The molecule has 0 aliphatic carbocycles. The molecule has 0 saturated carbocycles. The van der Waals surface area contributed by atoms with Crippen LogP contribution < -0.4 is 0 Å². The number of aryl methyl sites for hydroxylation is 1. The average Bonchev–Trinajstić information content (AvgIpc) is 2.92. The van der Waals surface area contributed by atoms with E-state index in [2.05, 4.69) is 4.57 Å². The number of thioether (sulfide) groups is 1. The zero-order valence-electron chi connectivity index (χ0n) is 13.0. The molecule has 1 aliphatic heterocycles. The Morgan fingerprint density at radius 1 is 1.13 bits per heavy atom. The molecule has 1 fully saturated rings. The van der Waals surface area contributed by atoms with E-state index in [0.717, 1.165) is 39.3 Å². The zero-order valence-corrected chi connectivity index (χ0v) is 14.5. The standard InChI is InChI=1S/C17H15ClN2O2S/c1-10-8-12(9-15-16(21)19(3)17(22)23-15)11(2)20(10)14-6-4-13(18)5-7-14/h4-9H,1-3H3/b15-9+. The smallest absolute Gasteiger partial charge is 0.293 e. The van der Waals surface area contributed by atoms with Gasteiger partial charge in [-0.3, -0.25) is 14.5 Å². The topological polar surface area (TPSA) is 42.3 Å². The molecule has 23 heavy (non-hydrogen) atoms. The van der Waals surface area contributed by atoms with E-state index in [0.29, 0.717) is 9.93 Å². The van der Waals surface area contributed by atoms with Crippen LogP contribution in [0, 0.1) is 13.8 Å². The molecule has 4 nitrogen and oxygen atoms in total. The predicted octanol–water partition coefficient (Wildman–Crippen LogP) is 4.41. The summed E-state index contributed by atoms with van der Waals surface area (Å²) >= 11 is 6.92. The Hall–Kier alpha value is -1.98. The van der Waals surface area contributed by atoms with Gasteiger partial charge in [-0.25, -0.2) is 0 Å². The van der Waals surface area contributed by atoms with Gasteiger partial charge in [0.2, 0.25) is 0 Å². The maximum absolute atomic E-state index is 12.0. The summed E-state index contributed by atoms with van der Waals surface area (Å²) in [6, 6.07) is 9.60. The lowest BCUT2D eigenvalue weighted by molar-refractivity contribution is -0.121. The third-order valence-electron chi connectivity index (χ3n) is 3.83. The van der Waals surface area contributed by atoms with Gasteiger partial charge >= 0.3 is 0 Å². The molecule has 1 aliphatic rings. The van der Waals surface area contributed by atoms with Crippen molar-refractivity contribution in [1.29, 1.82) is 0 Å². The van der Waals surface area contributed by atoms with Crippen molar-refractivity contribution in [2.45, 2.75) is 13.8 Å². The lowest BCUT2D eigenvalue weighted by Gasteiger charge is -2.09. The van der Waals surface area contributed by atoms with E-state index in [4.69, 9.17) is 11.6 Å². The molecular formula is C17H15ClN2O2S. The van der Waals surface area contributed by atoms with Gasteiger partial charge in [0, 0.05) is 29.1 Å². The van der Waals surface area contributed by atoms with E-state index in [1.807, 2.05) is 44.2 Å². The summed E-state index contributed by atoms with van der Waals surface area (Å²) in [6.07, 6.45) is 1.78. The number of benzene rings is 1. The Kier molecular flexibility index (Phi) is 4.08. The van der Waals surface area contributed by atoms with Gasteiger partial charge in [0.05, 0.1) is 4.91 Å². The highest BCUT2D eigenvalue weighted by Crippen LogP contribution is 2.32. The Morgan fingerprint density at radius 3 is 2.35 bits per heavy atom. The lowest BCUT2D eigenvalue weighted by Crippen LogP contribution is -2.22. The first-order chi connectivity index (χ1) is 10.9. The van der Waals surface area contributed by atoms with Crippen molar-refractivity contribution in [3.05, 3.63) is 57.2 Å². The highest BCUT2D eigenvalue weighted by Gasteiger charge is 2.32. The quantitative estimate of drug-likeness (QED) is 0.756. The molecule has 6 heteroatoms. The molecular weight excluding hydrogens is 332 g/mol. The third-order valence-corrected chi connectivity index (χ3v) is 5.04. The van der Waals surface area contributed by atoms with Gasteiger partial charge in [0.25, 0.3) is 11.1 Å². The summed E-state index contributed by atoms with van der Waals surface area (Å²) in [5.74, 6) is -0.253. The van der Waals surface area contributed by atoms with E-state index >= 15 is 0 Å². The Balaban J connectivity index is 2.03. The second-order valence-corrected chi connectivity index (χ2v) is 6.81. The molecule has 2 aromatic rings.